The van der Waals surface area contributed by atoms with Gasteiger partial charge in [-0.2, -0.15) is 0 Å². The van der Waals surface area contributed by atoms with E-state index in [1.165, 1.54) is 6.92 Å². The topological polar surface area (TPSA) is 79.4 Å². The van der Waals surface area contributed by atoms with Crippen LogP contribution in [-0.2, 0) is 0 Å². The van der Waals surface area contributed by atoms with Crippen LogP contribution in [0.5, 0.6) is 5.88 Å². The molecule has 0 aliphatic carbocycles. The molecule has 0 aliphatic rings. The summed E-state index contributed by atoms with van der Waals surface area (Å²) >= 11 is 0. The van der Waals surface area contributed by atoms with Crippen LogP contribution in [0, 0.1) is 6.92 Å². The lowest BCUT2D eigenvalue weighted by atomic mass is 10.1. The molecule has 1 aromatic heterocycles. The third-order valence-corrected chi connectivity index (χ3v) is 1.71. The summed E-state index contributed by atoms with van der Waals surface area (Å²) in [4.78, 5) is 23.5. The molecule has 0 saturated heterocycles. The molecule has 2 N–H and O–H groups in total. The maximum absolute atomic E-state index is 11.8. The number of H-pyrrole nitrogens is 1. The van der Waals surface area contributed by atoms with Crippen molar-refractivity contribution in [2.24, 2.45) is 0 Å². The molecular weight excluding hydrogens is 231 g/mol. The summed E-state index contributed by atoms with van der Waals surface area (Å²) in [5.74, 6) is -2.46. The van der Waals surface area contributed by atoms with Gasteiger partial charge < -0.3 is 9.84 Å². The number of nitrogens with one attached hydrogen (secondary N) is 1. The van der Waals surface area contributed by atoms with Gasteiger partial charge >= 0.3 is 12.3 Å². The van der Waals surface area contributed by atoms with Gasteiger partial charge in [0.15, 0.2) is 0 Å². The van der Waals surface area contributed by atoms with E-state index in [9.17, 15) is 22.8 Å². The van der Waals surface area contributed by atoms with Crippen LogP contribution in [0.4, 0.5) is 13.2 Å². The van der Waals surface area contributed by atoms with Gasteiger partial charge in [-0.15, -0.1) is 13.2 Å². The molecule has 8 heteroatoms. The van der Waals surface area contributed by atoms with Gasteiger partial charge in [0.05, 0.1) is 5.56 Å². The fraction of sp³-hybridized carbons (Fsp3) is 0.250. The molecule has 1 aromatic rings. The van der Waals surface area contributed by atoms with Crippen LogP contribution in [0.25, 0.3) is 0 Å². The van der Waals surface area contributed by atoms with Crippen LogP contribution in [0.1, 0.15) is 15.9 Å². The Bertz CT molecular complexity index is 477. The first-order valence-electron chi connectivity index (χ1n) is 3.93. The molecule has 0 amide bonds. The van der Waals surface area contributed by atoms with Gasteiger partial charge in [0.2, 0.25) is 5.88 Å². The Labute approximate surface area is 86.5 Å². The first-order chi connectivity index (χ1) is 7.20. The second kappa shape index (κ2) is 3.87. The molecule has 0 aromatic carbocycles. The average Bonchev–Trinajstić information content (AvgIpc) is 2.07. The smallest absolute Gasteiger partial charge is 0.478 e. The zero-order valence-electron chi connectivity index (χ0n) is 7.88. The number of hydrogen-bond donors (Lipinski definition) is 2. The van der Waals surface area contributed by atoms with Crippen LogP contribution in [0.15, 0.2) is 10.9 Å². The first-order valence-corrected chi connectivity index (χ1v) is 3.93. The maximum atomic E-state index is 11.8. The molecule has 0 radical (unpaired) electrons. The number of rotatable bonds is 2. The number of pyridine rings is 1. The van der Waals surface area contributed by atoms with E-state index in [0.717, 1.165) is 0 Å². The van der Waals surface area contributed by atoms with Crippen LogP contribution in [-0.4, -0.2) is 22.4 Å². The fourth-order valence-corrected chi connectivity index (χ4v) is 1.01. The van der Waals surface area contributed by atoms with Crippen LogP contribution in [0.2, 0.25) is 0 Å². The van der Waals surface area contributed by atoms with Gasteiger partial charge in [0.1, 0.15) is 0 Å². The Morgan fingerprint density at radius 2 is 2.06 bits per heavy atom. The quantitative estimate of drug-likeness (QED) is 0.811. The Morgan fingerprint density at radius 3 is 2.50 bits per heavy atom. The van der Waals surface area contributed by atoms with Crippen molar-refractivity contribution in [3.8, 4) is 5.88 Å². The highest BCUT2D eigenvalue weighted by molar-refractivity contribution is 5.89. The third-order valence-electron chi connectivity index (χ3n) is 1.71. The number of aromatic carboxylic acids is 1. The number of halogens is 3. The Morgan fingerprint density at radius 1 is 1.50 bits per heavy atom. The van der Waals surface area contributed by atoms with Gasteiger partial charge in [-0.3, -0.25) is 9.78 Å². The summed E-state index contributed by atoms with van der Waals surface area (Å²) in [6.45, 7) is 1.18. The van der Waals surface area contributed by atoms with E-state index in [0.29, 0.717) is 6.07 Å². The van der Waals surface area contributed by atoms with Gasteiger partial charge in [0.25, 0.3) is 5.56 Å². The summed E-state index contributed by atoms with van der Waals surface area (Å²) in [7, 11) is 0. The highest BCUT2D eigenvalue weighted by Crippen LogP contribution is 2.21. The normalized spacial score (nSPS) is 11.2. The molecule has 5 nitrogen and oxygen atoms in total. The molecule has 0 aliphatic heterocycles. The molecule has 16 heavy (non-hydrogen) atoms. The zero-order chi connectivity index (χ0) is 12.5. The van der Waals surface area contributed by atoms with Crippen molar-refractivity contribution in [2.75, 3.05) is 0 Å². The number of alkyl halides is 3. The number of carboxylic acids is 1. The number of aromatic amines is 1. The van der Waals surface area contributed by atoms with E-state index < -0.39 is 29.3 Å². The molecule has 1 rings (SSSR count). The summed E-state index contributed by atoms with van der Waals surface area (Å²) in [6.07, 6.45) is -4.99. The number of carbonyl (C=O) groups is 1. The second-order valence-corrected chi connectivity index (χ2v) is 2.85. The first kappa shape index (κ1) is 12.1. The van der Waals surface area contributed by atoms with E-state index in [2.05, 4.69) is 4.74 Å². The minimum absolute atomic E-state index is 0.193. The molecule has 0 unspecified atom stereocenters. The minimum atomic E-state index is -4.99. The van der Waals surface area contributed by atoms with Gasteiger partial charge in [-0.1, -0.05) is 0 Å². The largest absolute Gasteiger partial charge is 0.574 e. The monoisotopic (exact) mass is 237 g/mol. The van der Waals surface area contributed by atoms with E-state index in [1.54, 1.807) is 4.98 Å². The van der Waals surface area contributed by atoms with Crippen molar-refractivity contribution >= 4 is 5.97 Å². The highest BCUT2D eigenvalue weighted by atomic mass is 19.4. The van der Waals surface area contributed by atoms with Crippen LogP contribution < -0.4 is 10.3 Å². The molecule has 0 bridgehead atoms. The van der Waals surface area contributed by atoms with E-state index in [4.69, 9.17) is 5.11 Å². The highest BCUT2D eigenvalue weighted by Gasteiger charge is 2.32. The molecule has 88 valence electrons. The van der Waals surface area contributed by atoms with Crippen LogP contribution in [0.3, 0.4) is 0 Å². The van der Waals surface area contributed by atoms with E-state index >= 15 is 0 Å². The van der Waals surface area contributed by atoms with Crippen molar-refractivity contribution in [2.45, 2.75) is 13.3 Å². The fourth-order valence-electron chi connectivity index (χ4n) is 1.01. The summed E-state index contributed by atoms with van der Waals surface area (Å²) in [6, 6.07) is 0.604. The number of hydrogen-bond acceptors (Lipinski definition) is 3. The number of ether oxygens (including phenoxy) is 1. The maximum Gasteiger partial charge on any atom is 0.574 e. The van der Waals surface area contributed by atoms with Gasteiger partial charge in [0, 0.05) is 11.6 Å². The SMILES string of the molecule is Cc1c(C(=O)O)cc(OC(F)(F)F)[nH]c1=O. The van der Waals surface area contributed by atoms with Crippen molar-refractivity contribution in [1.82, 2.24) is 4.98 Å². The molecule has 1 heterocycles. The van der Waals surface area contributed by atoms with Crippen LogP contribution >= 0.6 is 0 Å². The Balaban J connectivity index is 3.25. The zero-order valence-corrected chi connectivity index (χ0v) is 7.88. The molecule has 0 saturated carbocycles. The Hall–Kier alpha value is -1.99. The third kappa shape index (κ3) is 2.75. The molecule has 0 spiro atoms. The molecular formula is C8H6F3NO4. The standard InChI is InChI=1S/C8H6F3NO4/c1-3-4(7(14)15)2-5(12-6(3)13)16-8(9,10)11/h2H,1H3,(H,12,13)(H,14,15). The second-order valence-electron chi connectivity index (χ2n) is 2.85. The summed E-state index contributed by atoms with van der Waals surface area (Å²) < 4.78 is 38.9. The Kier molecular flexibility index (Phi) is 2.92. The predicted octanol–water partition coefficient (Wildman–Crippen LogP) is 1.28. The predicted molar refractivity (Wildman–Crippen MR) is 45.4 cm³/mol. The number of aromatic nitrogens is 1. The van der Waals surface area contributed by atoms with Gasteiger partial charge in [-0.05, 0) is 6.92 Å². The lowest BCUT2D eigenvalue weighted by Crippen LogP contribution is -2.22. The summed E-state index contributed by atoms with van der Waals surface area (Å²) in [5, 5.41) is 8.62. The van der Waals surface area contributed by atoms with Crippen molar-refractivity contribution in [1.29, 1.82) is 0 Å². The minimum Gasteiger partial charge on any atom is -0.478 e. The van der Waals surface area contributed by atoms with Crippen molar-refractivity contribution in [3.63, 3.8) is 0 Å². The molecule has 0 fully saturated rings. The average molecular weight is 237 g/mol. The van der Waals surface area contributed by atoms with Gasteiger partial charge in [-0.25, -0.2) is 4.79 Å². The van der Waals surface area contributed by atoms with Crippen molar-refractivity contribution in [3.05, 3.63) is 27.5 Å². The lowest BCUT2D eigenvalue weighted by Gasteiger charge is -2.09. The van der Waals surface area contributed by atoms with E-state index in [-0.39, 0.29) is 5.56 Å². The number of carboxylic acid groups (broad SMARTS) is 1. The van der Waals surface area contributed by atoms with Crippen molar-refractivity contribution < 1.29 is 27.8 Å². The van der Waals surface area contributed by atoms with E-state index in [1.807, 2.05) is 0 Å². The molecule has 0 atom stereocenters. The lowest BCUT2D eigenvalue weighted by molar-refractivity contribution is -0.276. The summed E-state index contributed by atoms with van der Waals surface area (Å²) in [5.41, 5.74) is -1.68.